The van der Waals surface area contributed by atoms with Crippen molar-refractivity contribution in [1.29, 1.82) is 0 Å². The minimum absolute atomic E-state index is 0.0138. The van der Waals surface area contributed by atoms with E-state index in [0.717, 1.165) is 19.4 Å². The fourth-order valence-corrected chi connectivity index (χ4v) is 2.51. The summed E-state index contributed by atoms with van der Waals surface area (Å²) in [4.78, 5) is 25.3. The molecule has 0 N–H and O–H groups in total. The molecule has 0 bridgehead atoms. The van der Waals surface area contributed by atoms with Crippen LogP contribution in [0.25, 0.3) is 0 Å². The molecule has 0 spiro atoms. The molecule has 2 aliphatic heterocycles. The molecule has 96 valence electrons. The van der Waals surface area contributed by atoms with Crippen molar-refractivity contribution in [3.05, 3.63) is 0 Å². The third kappa shape index (κ3) is 2.77. The van der Waals surface area contributed by atoms with Gasteiger partial charge in [0.05, 0.1) is 25.6 Å². The van der Waals surface area contributed by atoms with Crippen molar-refractivity contribution in [3.8, 4) is 0 Å². The summed E-state index contributed by atoms with van der Waals surface area (Å²) in [5.74, 6) is -0.232. The maximum atomic E-state index is 12.2. The van der Waals surface area contributed by atoms with E-state index in [9.17, 15) is 9.59 Å². The molecular weight excluding hydrogens is 222 g/mol. The maximum Gasteiger partial charge on any atom is 0.310 e. The molecule has 17 heavy (non-hydrogen) atoms. The first kappa shape index (κ1) is 12.4. The number of rotatable bonds is 2. The summed E-state index contributed by atoms with van der Waals surface area (Å²) in [6, 6.07) is 0. The van der Waals surface area contributed by atoms with Crippen LogP contribution in [0.1, 0.15) is 19.3 Å². The van der Waals surface area contributed by atoms with E-state index in [1.54, 1.807) is 4.90 Å². The summed E-state index contributed by atoms with van der Waals surface area (Å²) < 4.78 is 10.0. The van der Waals surface area contributed by atoms with Crippen LogP contribution in [0, 0.1) is 11.8 Å². The van der Waals surface area contributed by atoms with Crippen LogP contribution in [-0.2, 0) is 19.1 Å². The molecule has 2 atom stereocenters. The first-order chi connectivity index (χ1) is 8.22. The molecule has 1 amide bonds. The Kier molecular flexibility index (Phi) is 3.99. The van der Waals surface area contributed by atoms with Crippen LogP contribution in [0.3, 0.4) is 0 Å². The van der Waals surface area contributed by atoms with Crippen molar-refractivity contribution in [2.45, 2.75) is 19.3 Å². The third-order valence-corrected chi connectivity index (χ3v) is 3.54. The molecule has 2 saturated heterocycles. The molecule has 0 saturated carbocycles. The normalized spacial score (nSPS) is 29.1. The number of methoxy groups -OCH3 is 1. The maximum absolute atomic E-state index is 12.2. The highest BCUT2D eigenvalue weighted by atomic mass is 16.5. The Morgan fingerprint density at radius 2 is 2.12 bits per heavy atom. The number of carbonyl (C=O) groups excluding carboxylic acids is 2. The van der Waals surface area contributed by atoms with Gasteiger partial charge < -0.3 is 14.4 Å². The van der Waals surface area contributed by atoms with Crippen LogP contribution >= 0.6 is 0 Å². The lowest BCUT2D eigenvalue weighted by Crippen LogP contribution is -2.38. The largest absolute Gasteiger partial charge is 0.469 e. The Bertz CT molecular complexity index is 299. The van der Waals surface area contributed by atoms with Crippen molar-refractivity contribution in [2.24, 2.45) is 11.8 Å². The van der Waals surface area contributed by atoms with Crippen LogP contribution in [-0.4, -0.2) is 50.2 Å². The van der Waals surface area contributed by atoms with Gasteiger partial charge in [0.2, 0.25) is 5.91 Å². The standard InChI is InChI=1S/C12H19NO4/c1-16-12(15)9-4-5-13(7-9)11(14)10-3-2-6-17-8-10/h9-10H,2-8H2,1H3. The van der Waals surface area contributed by atoms with Crippen LogP contribution in [0.4, 0.5) is 0 Å². The number of hydrogen-bond donors (Lipinski definition) is 0. The van der Waals surface area contributed by atoms with E-state index in [1.165, 1.54) is 7.11 Å². The molecule has 0 aliphatic carbocycles. The van der Waals surface area contributed by atoms with Crippen molar-refractivity contribution in [2.75, 3.05) is 33.4 Å². The highest BCUT2D eigenvalue weighted by molar-refractivity contribution is 5.81. The SMILES string of the molecule is COC(=O)C1CCN(C(=O)C2CCCOC2)C1. The lowest BCUT2D eigenvalue weighted by Gasteiger charge is -2.26. The predicted molar refractivity (Wildman–Crippen MR) is 60.2 cm³/mol. The Balaban J connectivity index is 1.87. The first-order valence-corrected chi connectivity index (χ1v) is 6.16. The minimum Gasteiger partial charge on any atom is -0.469 e. The van der Waals surface area contributed by atoms with Crippen molar-refractivity contribution in [1.82, 2.24) is 4.90 Å². The van der Waals surface area contributed by atoms with Gasteiger partial charge in [-0.05, 0) is 19.3 Å². The monoisotopic (exact) mass is 241 g/mol. The minimum atomic E-state index is -0.208. The smallest absolute Gasteiger partial charge is 0.310 e. The van der Waals surface area contributed by atoms with Gasteiger partial charge in [0.1, 0.15) is 0 Å². The number of nitrogens with zero attached hydrogens (tertiary/aromatic N) is 1. The van der Waals surface area contributed by atoms with Gasteiger partial charge in [0.15, 0.2) is 0 Å². The Hall–Kier alpha value is -1.10. The summed E-state index contributed by atoms with van der Waals surface area (Å²) in [5, 5.41) is 0. The van der Waals surface area contributed by atoms with Gasteiger partial charge in [0.25, 0.3) is 0 Å². The Morgan fingerprint density at radius 1 is 1.29 bits per heavy atom. The van der Waals surface area contributed by atoms with E-state index in [2.05, 4.69) is 0 Å². The summed E-state index contributed by atoms with van der Waals surface area (Å²) >= 11 is 0. The van der Waals surface area contributed by atoms with E-state index < -0.39 is 0 Å². The number of likely N-dealkylation sites (tertiary alicyclic amines) is 1. The molecule has 5 heteroatoms. The van der Waals surface area contributed by atoms with E-state index in [4.69, 9.17) is 9.47 Å². The van der Waals surface area contributed by atoms with E-state index in [1.807, 2.05) is 0 Å². The molecule has 2 rings (SSSR count). The fourth-order valence-electron chi connectivity index (χ4n) is 2.51. The topological polar surface area (TPSA) is 55.8 Å². The molecule has 0 aromatic heterocycles. The van der Waals surface area contributed by atoms with Gasteiger partial charge in [-0.1, -0.05) is 0 Å². The molecule has 0 aromatic carbocycles. The van der Waals surface area contributed by atoms with Crippen LogP contribution in [0.5, 0.6) is 0 Å². The molecular formula is C12H19NO4. The highest BCUT2D eigenvalue weighted by Crippen LogP contribution is 2.22. The van der Waals surface area contributed by atoms with Gasteiger partial charge in [-0.3, -0.25) is 9.59 Å². The Morgan fingerprint density at radius 3 is 2.76 bits per heavy atom. The van der Waals surface area contributed by atoms with Crippen LogP contribution in [0.15, 0.2) is 0 Å². The van der Waals surface area contributed by atoms with E-state index in [0.29, 0.717) is 26.1 Å². The van der Waals surface area contributed by atoms with E-state index in [-0.39, 0.29) is 23.7 Å². The van der Waals surface area contributed by atoms with E-state index >= 15 is 0 Å². The number of hydrogen-bond acceptors (Lipinski definition) is 4. The zero-order valence-corrected chi connectivity index (χ0v) is 10.2. The Labute approximate surface area is 101 Å². The molecule has 5 nitrogen and oxygen atoms in total. The third-order valence-electron chi connectivity index (χ3n) is 3.54. The fraction of sp³-hybridized carbons (Fsp3) is 0.833. The molecule has 2 unspecified atom stereocenters. The van der Waals surface area contributed by atoms with Crippen LogP contribution in [0.2, 0.25) is 0 Å². The van der Waals surface area contributed by atoms with Gasteiger partial charge in [0, 0.05) is 19.7 Å². The number of esters is 1. The summed E-state index contributed by atoms with van der Waals surface area (Å²) in [6.07, 6.45) is 2.56. The molecule has 2 fully saturated rings. The summed E-state index contributed by atoms with van der Waals surface area (Å²) in [7, 11) is 1.39. The highest BCUT2D eigenvalue weighted by Gasteiger charge is 2.35. The predicted octanol–water partition coefficient (Wildman–Crippen LogP) is 0.434. The zero-order chi connectivity index (χ0) is 12.3. The van der Waals surface area contributed by atoms with Gasteiger partial charge in [-0.2, -0.15) is 0 Å². The van der Waals surface area contributed by atoms with Crippen LogP contribution < -0.4 is 0 Å². The van der Waals surface area contributed by atoms with Crippen molar-refractivity contribution in [3.63, 3.8) is 0 Å². The van der Waals surface area contributed by atoms with Crippen molar-refractivity contribution < 1.29 is 19.1 Å². The average Bonchev–Trinajstić information content (AvgIpc) is 2.87. The average molecular weight is 241 g/mol. The number of carbonyl (C=O) groups is 2. The number of amides is 1. The van der Waals surface area contributed by atoms with Gasteiger partial charge in [-0.25, -0.2) is 0 Å². The number of ether oxygens (including phenoxy) is 2. The lowest BCUT2D eigenvalue weighted by molar-refractivity contribution is -0.145. The summed E-state index contributed by atoms with van der Waals surface area (Å²) in [5.41, 5.74) is 0. The second-order valence-corrected chi connectivity index (χ2v) is 4.71. The molecule has 0 radical (unpaired) electrons. The lowest BCUT2D eigenvalue weighted by atomic mass is 10.0. The molecule has 2 heterocycles. The summed E-state index contributed by atoms with van der Waals surface area (Å²) in [6.45, 7) is 2.45. The second-order valence-electron chi connectivity index (χ2n) is 4.71. The molecule has 2 aliphatic rings. The zero-order valence-electron chi connectivity index (χ0n) is 10.2. The first-order valence-electron chi connectivity index (χ1n) is 6.16. The van der Waals surface area contributed by atoms with Crippen molar-refractivity contribution >= 4 is 11.9 Å². The van der Waals surface area contributed by atoms with Gasteiger partial charge in [-0.15, -0.1) is 0 Å². The molecule has 0 aromatic rings. The van der Waals surface area contributed by atoms with Gasteiger partial charge >= 0.3 is 5.97 Å². The second kappa shape index (κ2) is 5.49. The quantitative estimate of drug-likeness (QED) is 0.658.